The number of hydrogen-bond donors (Lipinski definition) is 1. The molecule has 0 spiro atoms. The summed E-state index contributed by atoms with van der Waals surface area (Å²) in [7, 11) is 2.06. The molecule has 5 nitrogen and oxygen atoms in total. The molecule has 0 radical (unpaired) electrons. The molecular weight excluding hydrogens is 343 g/mol. The van der Waals surface area contributed by atoms with Crippen molar-refractivity contribution in [2.24, 2.45) is 0 Å². The highest BCUT2D eigenvalue weighted by Crippen LogP contribution is 2.50. The van der Waals surface area contributed by atoms with Gasteiger partial charge in [0, 0.05) is 5.56 Å². The van der Waals surface area contributed by atoms with Gasteiger partial charge in [-0.05, 0) is 24.3 Å². The van der Waals surface area contributed by atoms with Crippen molar-refractivity contribution in [2.75, 3.05) is 14.2 Å². The number of rotatable bonds is 3. The largest absolute Gasteiger partial charge is 0.497 e. The first-order valence-corrected chi connectivity index (χ1v) is 6.32. The minimum Gasteiger partial charge on any atom is -0.497 e. The maximum absolute atomic E-state index is 13.8. The minimum atomic E-state index is -6.18. The molecule has 0 saturated carbocycles. The molecular formula is C14H11F5O5. The Morgan fingerprint density at radius 2 is 1.83 bits per heavy atom. The van der Waals surface area contributed by atoms with Gasteiger partial charge < -0.3 is 19.3 Å². The number of halogens is 5. The Hall–Kier alpha value is -2.36. The summed E-state index contributed by atoms with van der Waals surface area (Å²) in [6.07, 6.45) is -5.55. The van der Waals surface area contributed by atoms with Gasteiger partial charge in [-0.1, -0.05) is 0 Å². The van der Waals surface area contributed by atoms with Crippen LogP contribution in [0.1, 0.15) is 5.56 Å². The van der Waals surface area contributed by atoms with Crippen molar-refractivity contribution < 1.29 is 46.1 Å². The maximum Gasteiger partial charge on any atom is 0.460 e. The Balaban J connectivity index is 2.68. The van der Waals surface area contributed by atoms with Crippen LogP contribution in [0.2, 0.25) is 0 Å². The highest BCUT2D eigenvalue weighted by atomic mass is 19.4. The summed E-state index contributed by atoms with van der Waals surface area (Å²) in [6, 6.07) is 3.47. The van der Waals surface area contributed by atoms with Gasteiger partial charge >= 0.3 is 23.9 Å². The summed E-state index contributed by atoms with van der Waals surface area (Å²) >= 11 is 0. The van der Waals surface area contributed by atoms with Crippen molar-refractivity contribution in [3.05, 3.63) is 29.3 Å². The molecule has 0 aromatic heterocycles. The van der Waals surface area contributed by atoms with Crippen LogP contribution in [-0.4, -0.2) is 43.2 Å². The molecule has 0 saturated heterocycles. The predicted molar refractivity (Wildman–Crippen MR) is 69.6 cm³/mol. The first kappa shape index (κ1) is 18.0. The van der Waals surface area contributed by atoms with Crippen LogP contribution in [-0.2, 0) is 9.53 Å². The third-order valence-electron chi connectivity index (χ3n) is 3.33. The van der Waals surface area contributed by atoms with E-state index in [1.165, 1.54) is 19.2 Å². The van der Waals surface area contributed by atoms with E-state index >= 15 is 0 Å². The molecule has 0 fully saturated rings. The Labute approximate surface area is 132 Å². The topological polar surface area (TPSA) is 65.0 Å². The second-order valence-electron chi connectivity index (χ2n) is 4.77. The number of esters is 1. The van der Waals surface area contributed by atoms with Gasteiger partial charge in [0.15, 0.2) is 0 Å². The summed E-state index contributed by atoms with van der Waals surface area (Å²) in [6.45, 7) is 0. The van der Waals surface area contributed by atoms with Crippen molar-refractivity contribution in [1.82, 2.24) is 0 Å². The number of benzene rings is 1. The van der Waals surface area contributed by atoms with E-state index in [0.29, 0.717) is 6.08 Å². The number of carbonyl (C=O) groups is 1. The number of hydrogen-bond acceptors (Lipinski definition) is 5. The van der Waals surface area contributed by atoms with Gasteiger partial charge in [-0.15, -0.1) is 0 Å². The standard InChI is InChI=1S/C14H11F5O5/c1-22-8-3-4-10-7(5-8)6-9(11(20)23-2)12(21,24-10)13(15,16)14(17,18)19/h3-6,21H,1-2H3. The van der Waals surface area contributed by atoms with Gasteiger partial charge in [0.2, 0.25) is 0 Å². The molecule has 1 atom stereocenters. The van der Waals surface area contributed by atoms with Crippen molar-refractivity contribution in [3.8, 4) is 11.5 Å². The van der Waals surface area contributed by atoms with E-state index in [1.807, 2.05) is 0 Å². The third-order valence-corrected chi connectivity index (χ3v) is 3.33. The fraction of sp³-hybridized carbons (Fsp3) is 0.357. The summed E-state index contributed by atoms with van der Waals surface area (Å²) in [4.78, 5) is 11.7. The van der Waals surface area contributed by atoms with Gasteiger partial charge in [0.05, 0.1) is 14.2 Å². The zero-order valence-corrected chi connectivity index (χ0v) is 12.3. The Morgan fingerprint density at radius 1 is 1.21 bits per heavy atom. The fourth-order valence-corrected chi connectivity index (χ4v) is 2.06. The second-order valence-corrected chi connectivity index (χ2v) is 4.77. The number of methoxy groups -OCH3 is 2. The molecule has 1 heterocycles. The van der Waals surface area contributed by atoms with Crippen molar-refractivity contribution >= 4 is 12.0 Å². The van der Waals surface area contributed by atoms with Crippen LogP contribution in [0.4, 0.5) is 22.0 Å². The van der Waals surface area contributed by atoms with Crippen molar-refractivity contribution in [2.45, 2.75) is 17.9 Å². The zero-order chi connectivity index (χ0) is 18.3. The normalized spacial score (nSPS) is 20.6. The Bertz CT molecular complexity index is 697. The third kappa shape index (κ3) is 2.56. The molecule has 132 valence electrons. The molecule has 1 N–H and O–H groups in total. The van der Waals surface area contributed by atoms with E-state index < -0.39 is 35.2 Å². The van der Waals surface area contributed by atoms with Crippen LogP contribution >= 0.6 is 0 Å². The molecule has 1 aliphatic rings. The monoisotopic (exact) mass is 354 g/mol. The Kier molecular flexibility index (Phi) is 4.21. The number of fused-ring (bicyclic) bond motifs is 1. The first-order valence-electron chi connectivity index (χ1n) is 6.32. The smallest absolute Gasteiger partial charge is 0.460 e. The zero-order valence-electron chi connectivity index (χ0n) is 12.3. The SMILES string of the molecule is COC(=O)C1=Cc2cc(OC)ccc2OC1(O)C(F)(F)C(F)(F)F. The molecule has 1 aliphatic heterocycles. The van der Waals surface area contributed by atoms with Gasteiger partial charge in [-0.3, -0.25) is 0 Å². The van der Waals surface area contributed by atoms with Gasteiger partial charge in [0.25, 0.3) is 0 Å². The first-order chi connectivity index (χ1) is 11.0. The second kappa shape index (κ2) is 5.62. The summed E-state index contributed by atoms with van der Waals surface area (Å²) in [5.74, 6) is -11.9. The number of aliphatic hydroxyl groups is 1. The molecule has 1 aromatic rings. The number of alkyl halides is 5. The van der Waals surface area contributed by atoms with E-state index in [9.17, 15) is 31.9 Å². The lowest BCUT2D eigenvalue weighted by molar-refractivity contribution is -0.372. The van der Waals surface area contributed by atoms with Crippen LogP contribution in [0.15, 0.2) is 23.8 Å². The average molecular weight is 354 g/mol. The quantitative estimate of drug-likeness (QED) is 0.668. The van der Waals surface area contributed by atoms with E-state index in [1.54, 1.807) is 0 Å². The van der Waals surface area contributed by atoms with Crippen molar-refractivity contribution in [1.29, 1.82) is 0 Å². The summed E-state index contributed by atoms with van der Waals surface area (Å²) in [5.41, 5.74) is -1.44. The molecule has 1 aromatic carbocycles. The Morgan fingerprint density at radius 3 is 2.33 bits per heavy atom. The molecule has 2 rings (SSSR count). The highest BCUT2D eigenvalue weighted by Gasteiger charge is 2.75. The van der Waals surface area contributed by atoms with Crippen LogP contribution in [0, 0.1) is 0 Å². The van der Waals surface area contributed by atoms with Crippen LogP contribution in [0.3, 0.4) is 0 Å². The lowest BCUT2D eigenvalue weighted by Gasteiger charge is -2.39. The van der Waals surface area contributed by atoms with E-state index in [0.717, 1.165) is 13.2 Å². The maximum atomic E-state index is 13.8. The summed E-state index contributed by atoms with van der Waals surface area (Å²) < 4.78 is 79.3. The van der Waals surface area contributed by atoms with Crippen molar-refractivity contribution in [3.63, 3.8) is 0 Å². The molecule has 0 bridgehead atoms. The van der Waals surface area contributed by atoms with Crippen LogP contribution < -0.4 is 9.47 Å². The fourth-order valence-electron chi connectivity index (χ4n) is 2.06. The lowest BCUT2D eigenvalue weighted by Crippen LogP contribution is -2.63. The van der Waals surface area contributed by atoms with Crippen LogP contribution in [0.5, 0.6) is 11.5 Å². The van der Waals surface area contributed by atoms with Gasteiger partial charge in [-0.2, -0.15) is 22.0 Å². The average Bonchev–Trinajstić information content (AvgIpc) is 2.51. The minimum absolute atomic E-state index is 0.0441. The molecule has 24 heavy (non-hydrogen) atoms. The lowest BCUT2D eigenvalue weighted by atomic mass is 9.93. The molecule has 0 aliphatic carbocycles. The van der Waals surface area contributed by atoms with E-state index in [-0.39, 0.29) is 11.3 Å². The van der Waals surface area contributed by atoms with Gasteiger partial charge in [-0.25, -0.2) is 4.79 Å². The number of ether oxygens (including phenoxy) is 3. The number of carbonyl (C=O) groups excluding carboxylic acids is 1. The summed E-state index contributed by atoms with van der Waals surface area (Å²) in [5, 5.41) is 9.98. The predicted octanol–water partition coefficient (Wildman–Crippen LogP) is 2.53. The van der Waals surface area contributed by atoms with E-state index in [2.05, 4.69) is 9.47 Å². The highest BCUT2D eigenvalue weighted by molar-refractivity contribution is 5.97. The van der Waals surface area contributed by atoms with E-state index in [4.69, 9.17) is 4.74 Å². The van der Waals surface area contributed by atoms with Gasteiger partial charge in [0.1, 0.15) is 17.1 Å². The molecule has 10 heteroatoms. The molecule has 1 unspecified atom stereocenters. The molecule has 0 amide bonds. The van der Waals surface area contributed by atoms with Crippen LogP contribution in [0.25, 0.3) is 6.08 Å².